The molecule has 2 aromatic heterocycles. The molecule has 0 unspecified atom stereocenters. The van der Waals surface area contributed by atoms with E-state index in [-0.39, 0.29) is 11.9 Å². The molecule has 1 N–H and O–H groups in total. The molecule has 0 saturated carbocycles. The van der Waals surface area contributed by atoms with E-state index in [9.17, 15) is 4.79 Å². The van der Waals surface area contributed by atoms with Crippen molar-refractivity contribution in [2.45, 2.75) is 32.7 Å². The maximum atomic E-state index is 12.8. The molecular weight excluding hydrogens is 330 g/mol. The van der Waals surface area contributed by atoms with Gasteiger partial charge in [0.15, 0.2) is 0 Å². The van der Waals surface area contributed by atoms with Crippen molar-refractivity contribution in [1.29, 1.82) is 0 Å². The van der Waals surface area contributed by atoms with Crippen LogP contribution in [0, 0.1) is 6.92 Å². The first kappa shape index (κ1) is 17.4. The Morgan fingerprint density at radius 2 is 2.04 bits per heavy atom. The summed E-state index contributed by atoms with van der Waals surface area (Å²) >= 11 is 1.65. The second kappa shape index (κ2) is 7.66. The Morgan fingerprint density at radius 3 is 2.60 bits per heavy atom. The van der Waals surface area contributed by atoms with Gasteiger partial charge in [-0.25, -0.2) is 0 Å². The summed E-state index contributed by atoms with van der Waals surface area (Å²) in [6.45, 7) is 4.08. The van der Waals surface area contributed by atoms with E-state index in [1.807, 2.05) is 25.4 Å². The van der Waals surface area contributed by atoms with E-state index in [1.54, 1.807) is 22.2 Å². The number of nitrogens with one attached hydrogen (secondary N) is 1. The Morgan fingerprint density at radius 1 is 1.28 bits per heavy atom. The number of aryl methyl sites for hydroxylation is 2. The number of thiophene rings is 1. The van der Waals surface area contributed by atoms with Gasteiger partial charge in [0.05, 0.1) is 17.8 Å². The molecule has 3 rings (SSSR count). The average Bonchev–Trinajstić information content (AvgIpc) is 3.25. The van der Waals surface area contributed by atoms with Gasteiger partial charge in [-0.05, 0) is 35.9 Å². The van der Waals surface area contributed by atoms with Crippen molar-refractivity contribution in [3.63, 3.8) is 0 Å². The molecule has 0 fully saturated rings. The van der Waals surface area contributed by atoms with E-state index in [0.717, 1.165) is 29.0 Å². The zero-order chi connectivity index (χ0) is 17.8. The molecule has 0 bridgehead atoms. The fourth-order valence-corrected chi connectivity index (χ4v) is 3.67. The van der Waals surface area contributed by atoms with E-state index in [2.05, 4.69) is 47.7 Å². The van der Waals surface area contributed by atoms with Crippen molar-refractivity contribution in [2.75, 3.05) is 0 Å². The number of hydrogen-bond acceptors (Lipinski definition) is 3. The number of amides is 1. The normalized spacial score (nSPS) is 12.1. The van der Waals surface area contributed by atoms with Gasteiger partial charge in [-0.1, -0.05) is 43.7 Å². The summed E-state index contributed by atoms with van der Waals surface area (Å²) in [5, 5.41) is 9.38. The maximum Gasteiger partial charge on any atom is 0.255 e. The SMILES string of the molecule is CCCc1ccc([C@@H](NC(=O)c2cnn(C)c2C)c2cccs2)cc1. The van der Waals surface area contributed by atoms with Crippen LogP contribution in [-0.4, -0.2) is 15.7 Å². The van der Waals surface area contributed by atoms with Crippen molar-refractivity contribution in [2.24, 2.45) is 7.05 Å². The lowest BCUT2D eigenvalue weighted by molar-refractivity contribution is 0.0943. The Hall–Kier alpha value is -2.40. The van der Waals surface area contributed by atoms with Gasteiger partial charge in [-0.15, -0.1) is 11.3 Å². The number of aromatic nitrogens is 2. The minimum absolute atomic E-state index is 0.0957. The van der Waals surface area contributed by atoms with Gasteiger partial charge < -0.3 is 5.32 Å². The third kappa shape index (κ3) is 3.82. The van der Waals surface area contributed by atoms with Crippen molar-refractivity contribution < 1.29 is 4.79 Å². The van der Waals surface area contributed by atoms with Crippen LogP contribution in [0.15, 0.2) is 48.0 Å². The molecule has 4 nitrogen and oxygen atoms in total. The van der Waals surface area contributed by atoms with Crippen molar-refractivity contribution >= 4 is 17.2 Å². The van der Waals surface area contributed by atoms with Crippen LogP contribution in [0.5, 0.6) is 0 Å². The summed E-state index contributed by atoms with van der Waals surface area (Å²) in [6.07, 6.45) is 3.83. The van der Waals surface area contributed by atoms with Crippen LogP contribution in [0.25, 0.3) is 0 Å². The molecule has 1 aromatic carbocycles. The number of hydrogen-bond donors (Lipinski definition) is 1. The van der Waals surface area contributed by atoms with Gasteiger partial charge in [0.25, 0.3) is 5.91 Å². The molecule has 0 aliphatic carbocycles. The highest BCUT2D eigenvalue weighted by molar-refractivity contribution is 7.10. The van der Waals surface area contributed by atoms with Crippen LogP contribution in [-0.2, 0) is 13.5 Å². The highest BCUT2D eigenvalue weighted by Gasteiger charge is 2.21. The van der Waals surface area contributed by atoms with Crippen molar-refractivity contribution in [1.82, 2.24) is 15.1 Å². The van der Waals surface area contributed by atoms with Gasteiger partial charge in [-0.2, -0.15) is 5.10 Å². The van der Waals surface area contributed by atoms with Gasteiger partial charge in [0.1, 0.15) is 0 Å². The highest BCUT2D eigenvalue weighted by atomic mass is 32.1. The van der Waals surface area contributed by atoms with Gasteiger partial charge in [-0.3, -0.25) is 9.48 Å². The molecular formula is C20H23N3OS. The monoisotopic (exact) mass is 353 g/mol. The van der Waals surface area contributed by atoms with Crippen LogP contribution in [0.1, 0.15) is 51.4 Å². The highest BCUT2D eigenvalue weighted by Crippen LogP contribution is 2.27. The standard InChI is InChI=1S/C20H23N3OS/c1-4-6-15-8-10-16(11-9-15)19(18-7-5-12-25-18)22-20(24)17-13-21-23(3)14(17)2/h5,7-13,19H,4,6H2,1-3H3,(H,22,24)/t19-/m1/s1. The van der Waals surface area contributed by atoms with Crippen molar-refractivity contribution in [3.05, 3.63) is 75.2 Å². The fourth-order valence-electron chi connectivity index (χ4n) is 2.87. The molecule has 0 spiro atoms. The second-order valence-electron chi connectivity index (χ2n) is 6.18. The molecule has 0 aliphatic heterocycles. The van der Waals surface area contributed by atoms with E-state index in [1.165, 1.54) is 5.56 Å². The molecule has 5 heteroatoms. The van der Waals surface area contributed by atoms with Gasteiger partial charge in [0.2, 0.25) is 0 Å². The lowest BCUT2D eigenvalue weighted by Gasteiger charge is -2.18. The van der Waals surface area contributed by atoms with Gasteiger partial charge in [0, 0.05) is 17.6 Å². The Labute approximate surface area is 152 Å². The smallest absolute Gasteiger partial charge is 0.255 e. The van der Waals surface area contributed by atoms with E-state index >= 15 is 0 Å². The average molecular weight is 353 g/mol. The Kier molecular flexibility index (Phi) is 5.34. The third-order valence-electron chi connectivity index (χ3n) is 4.43. The number of carbonyl (C=O) groups excluding carboxylic acids is 1. The number of nitrogens with zero attached hydrogens (tertiary/aromatic N) is 2. The molecule has 1 atom stereocenters. The fraction of sp³-hybridized carbons (Fsp3) is 0.300. The topological polar surface area (TPSA) is 46.9 Å². The summed E-state index contributed by atoms with van der Waals surface area (Å²) in [4.78, 5) is 13.9. The summed E-state index contributed by atoms with van der Waals surface area (Å²) in [5.74, 6) is -0.0957. The predicted octanol–water partition coefficient (Wildman–Crippen LogP) is 4.26. The summed E-state index contributed by atoms with van der Waals surface area (Å²) < 4.78 is 1.72. The first-order valence-corrected chi connectivity index (χ1v) is 9.39. The van der Waals surface area contributed by atoms with E-state index < -0.39 is 0 Å². The molecule has 25 heavy (non-hydrogen) atoms. The zero-order valence-electron chi connectivity index (χ0n) is 14.8. The summed E-state index contributed by atoms with van der Waals surface area (Å²) in [7, 11) is 1.84. The zero-order valence-corrected chi connectivity index (χ0v) is 15.6. The molecule has 0 radical (unpaired) electrons. The van der Waals surface area contributed by atoms with Gasteiger partial charge >= 0.3 is 0 Å². The lowest BCUT2D eigenvalue weighted by Crippen LogP contribution is -2.29. The molecule has 0 saturated heterocycles. The quantitative estimate of drug-likeness (QED) is 0.720. The Balaban J connectivity index is 1.88. The number of carbonyl (C=O) groups is 1. The first-order valence-electron chi connectivity index (χ1n) is 8.52. The maximum absolute atomic E-state index is 12.8. The van der Waals surface area contributed by atoms with Crippen LogP contribution in [0.2, 0.25) is 0 Å². The minimum atomic E-state index is -0.150. The largest absolute Gasteiger partial charge is 0.340 e. The van der Waals surface area contributed by atoms with Crippen LogP contribution in [0.4, 0.5) is 0 Å². The van der Waals surface area contributed by atoms with Crippen LogP contribution in [0.3, 0.4) is 0 Å². The van der Waals surface area contributed by atoms with Crippen LogP contribution >= 0.6 is 11.3 Å². The third-order valence-corrected chi connectivity index (χ3v) is 5.37. The minimum Gasteiger partial charge on any atom is -0.340 e. The molecule has 1 amide bonds. The van der Waals surface area contributed by atoms with E-state index in [0.29, 0.717) is 5.56 Å². The molecule has 0 aliphatic rings. The lowest BCUT2D eigenvalue weighted by atomic mass is 10.0. The van der Waals surface area contributed by atoms with Crippen molar-refractivity contribution in [3.8, 4) is 0 Å². The molecule has 3 aromatic rings. The predicted molar refractivity (Wildman–Crippen MR) is 102 cm³/mol. The number of benzene rings is 1. The summed E-state index contributed by atoms with van der Waals surface area (Å²) in [5.41, 5.74) is 3.90. The first-order chi connectivity index (χ1) is 12.1. The van der Waals surface area contributed by atoms with E-state index in [4.69, 9.17) is 0 Å². The number of rotatable bonds is 6. The Bertz CT molecular complexity index is 834. The molecule has 2 heterocycles. The second-order valence-corrected chi connectivity index (χ2v) is 7.16. The molecule has 130 valence electrons. The van der Waals surface area contributed by atoms with Crippen LogP contribution < -0.4 is 5.32 Å². The summed E-state index contributed by atoms with van der Waals surface area (Å²) in [6, 6.07) is 12.5.